The van der Waals surface area contributed by atoms with Crippen LogP contribution in [0, 0.1) is 0 Å². The molecule has 142 valence electrons. The average Bonchev–Trinajstić information content (AvgIpc) is 3.33. The van der Waals surface area contributed by atoms with Crippen LogP contribution in [0.15, 0.2) is 46.1 Å². The topological polar surface area (TPSA) is 66.9 Å². The summed E-state index contributed by atoms with van der Waals surface area (Å²) in [6, 6.07) is 11.6. The lowest BCUT2D eigenvalue weighted by Gasteiger charge is -2.10. The van der Waals surface area contributed by atoms with E-state index < -0.39 is 0 Å². The zero-order valence-corrected chi connectivity index (χ0v) is 17.9. The van der Waals surface area contributed by atoms with Crippen LogP contribution >= 0.6 is 46.0 Å². The van der Waals surface area contributed by atoms with Crippen molar-refractivity contribution in [2.24, 2.45) is 0 Å². The first kappa shape index (κ1) is 20.1. The van der Waals surface area contributed by atoms with Crippen molar-refractivity contribution < 1.29 is 4.79 Å². The van der Waals surface area contributed by atoms with Crippen molar-refractivity contribution in [3.05, 3.63) is 57.2 Å². The van der Waals surface area contributed by atoms with Crippen LogP contribution in [-0.2, 0) is 17.8 Å². The number of amides is 1. The number of hydrogen-bond acceptors (Lipinski definition) is 7. The van der Waals surface area contributed by atoms with Crippen LogP contribution in [0.1, 0.15) is 17.4 Å². The van der Waals surface area contributed by atoms with Gasteiger partial charge in [0.1, 0.15) is 0 Å². The number of thioether (sulfide) groups is 1. The maximum atomic E-state index is 12.3. The number of anilines is 1. The lowest BCUT2D eigenvalue weighted by Crippen LogP contribution is -2.30. The number of carbonyl (C=O) groups is 1. The highest BCUT2D eigenvalue weighted by atomic mass is 35.5. The number of halogens is 1. The van der Waals surface area contributed by atoms with Crippen LogP contribution < -0.4 is 10.6 Å². The summed E-state index contributed by atoms with van der Waals surface area (Å²) >= 11 is 10.5. The molecule has 3 rings (SSSR count). The van der Waals surface area contributed by atoms with Crippen LogP contribution in [-0.4, -0.2) is 27.9 Å². The quantitative estimate of drug-likeness (QED) is 0.474. The Morgan fingerprint density at radius 1 is 1.26 bits per heavy atom. The largest absolute Gasteiger partial charge is 0.360 e. The number of benzene rings is 1. The molecule has 2 heterocycles. The van der Waals surface area contributed by atoms with Crippen molar-refractivity contribution in [2.75, 3.05) is 11.9 Å². The van der Waals surface area contributed by atoms with Gasteiger partial charge in [0.25, 0.3) is 0 Å². The minimum absolute atomic E-state index is 0.0302. The highest BCUT2D eigenvalue weighted by Crippen LogP contribution is 2.29. The summed E-state index contributed by atoms with van der Waals surface area (Å²) in [4.78, 5) is 13.6. The van der Waals surface area contributed by atoms with Gasteiger partial charge in [-0.1, -0.05) is 52.9 Å². The molecule has 0 saturated heterocycles. The van der Waals surface area contributed by atoms with Crippen molar-refractivity contribution in [1.82, 2.24) is 15.5 Å². The Kier molecular flexibility index (Phi) is 7.51. The van der Waals surface area contributed by atoms with E-state index in [9.17, 15) is 4.79 Å². The van der Waals surface area contributed by atoms with E-state index in [4.69, 9.17) is 11.6 Å². The molecule has 1 amide bonds. The summed E-state index contributed by atoms with van der Waals surface area (Å²) in [5, 5.41) is 17.8. The van der Waals surface area contributed by atoms with Crippen LogP contribution in [0.3, 0.4) is 0 Å². The third kappa shape index (κ3) is 6.49. The molecule has 0 aliphatic carbocycles. The number of thiophene rings is 1. The van der Waals surface area contributed by atoms with Crippen LogP contribution in [0.5, 0.6) is 0 Å². The van der Waals surface area contributed by atoms with Gasteiger partial charge in [-0.2, -0.15) is 0 Å². The predicted molar refractivity (Wildman–Crippen MR) is 115 cm³/mol. The van der Waals surface area contributed by atoms with Gasteiger partial charge in [0.2, 0.25) is 11.0 Å². The number of carbonyl (C=O) groups excluding carboxylic acids is 1. The first-order valence-corrected chi connectivity index (χ1v) is 11.3. The maximum Gasteiger partial charge on any atom is 0.233 e. The van der Waals surface area contributed by atoms with Crippen molar-refractivity contribution in [1.29, 1.82) is 0 Å². The fourth-order valence-electron chi connectivity index (χ4n) is 2.22. The van der Waals surface area contributed by atoms with E-state index >= 15 is 0 Å². The summed E-state index contributed by atoms with van der Waals surface area (Å²) in [5.74, 6) is -0.0302. The Hall–Kier alpha value is -1.61. The number of nitrogens with one attached hydrogen (secondary N) is 2. The van der Waals surface area contributed by atoms with Gasteiger partial charge >= 0.3 is 0 Å². The Morgan fingerprint density at radius 3 is 2.81 bits per heavy atom. The minimum atomic E-state index is -0.246. The van der Waals surface area contributed by atoms with Gasteiger partial charge in [-0.25, -0.2) is 0 Å². The molecule has 27 heavy (non-hydrogen) atoms. The van der Waals surface area contributed by atoms with Gasteiger partial charge in [-0.15, -0.1) is 21.5 Å². The van der Waals surface area contributed by atoms with E-state index in [1.807, 2.05) is 31.2 Å². The van der Waals surface area contributed by atoms with Crippen molar-refractivity contribution >= 4 is 57.1 Å². The molecule has 9 heteroatoms. The summed E-state index contributed by atoms with van der Waals surface area (Å²) in [7, 11) is 0. The molecule has 0 saturated carbocycles. The van der Waals surface area contributed by atoms with Gasteiger partial charge in [-0.3, -0.25) is 4.79 Å². The molecular formula is C18H19ClN4OS3. The SMILES string of the molecule is CC(Sc1nnc(NCCc2cccs2)s1)C(=O)NCc1ccc(Cl)cc1. The van der Waals surface area contributed by atoms with E-state index in [1.54, 1.807) is 11.3 Å². The molecular weight excluding hydrogens is 420 g/mol. The lowest BCUT2D eigenvalue weighted by molar-refractivity contribution is -0.120. The Balaban J connectivity index is 1.41. The van der Waals surface area contributed by atoms with Gasteiger partial charge in [-0.05, 0) is 42.5 Å². The van der Waals surface area contributed by atoms with Crippen LogP contribution in [0.4, 0.5) is 5.13 Å². The number of nitrogens with zero attached hydrogens (tertiary/aromatic N) is 2. The average molecular weight is 439 g/mol. The van der Waals surface area contributed by atoms with Gasteiger partial charge in [0.15, 0.2) is 4.34 Å². The second-order valence-corrected chi connectivity index (χ2v) is 9.77. The first-order chi connectivity index (χ1) is 13.1. The molecule has 0 spiro atoms. The molecule has 0 radical (unpaired) electrons. The van der Waals surface area contributed by atoms with E-state index in [1.165, 1.54) is 28.0 Å². The first-order valence-electron chi connectivity index (χ1n) is 8.39. The second-order valence-electron chi connectivity index (χ2n) is 5.73. The molecule has 2 aromatic heterocycles. The van der Waals surface area contributed by atoms with E-state index in [-0.39, 0.29) is 11.2 Å². The molecule has 1 atom stereocenters. The fourth-order valence-corrected chi connectivity index (χ4v) is 5.00. The third-order valence-corrected chi connectivity index (χ3v) is 6.91. The van der Waals surface area contributed by atoms with E-state index in [0.29, 0.717) is 11.6 Å². The second kappa shape index (κ2) is 10.1. The molecule has 5 nitrogen and oxygen atoms in total. The lowest BCUT2D eigenvalue weighted by atomic mass is 10.2. The number of aromatic nitrogens is 2. The van der Waals surface area contributed by atoms with Crippen molar-refractivity contribution in [3.8, 4) is 0 Å². The Labute approximate surface area is 175 Å². The highest BCUT2D eigenvalue weighted by molar-refractivity contribution is 8.02. The summed E-state index contributed by atoms with van der Waals surface area (Å²) in [6.45, 7) is 3.16. The molecule has 2 N–H and O–H groups in total. The molecule has 0 bridgehead atoms. The molecule has 3 aromatic rings. The zero-order chi connectivity index (χ0) is 19.1. The van der Waals surface area contributed by atoms with Crippen molar-refractivity contribution in [2.45, 2.75) is 29.5 Å². The van der Waals surface area contributed by atoms with Gasteiger partial charge in [0, 0.05) is 23.0 Å². The monoisotopic (exact) mass is 438 g/mol. The Morgan fingerprint density at radius 2 is 2.07 bits per heavy atom. The van der Waals surface area contributed by atoms with E-state index in [2.05, 4.69) is 38.3 Å². The number of hydrogen-bond donors (Lipinski definition) is 2. The summed E-state index contributed by atoms with van der Waals surface area (Å²) < 4.78 is 0.780. The molecule has 0 fully saturated rings. The molecule has 1 unspecified atom stereocenters. The standard InChI is InChI=1S/C18H19ClN4OS3/c1-12(16(24)21-11-13-4-6-14(19)7-5-13)26-18-23-22-17(27-18)20-9-8-15-3-2-10-25-15/h2-7,10,12H,8-9,11H2,1H3,(H,20,22)(H,21,24). The molecule has 1 aromatic carbocycles. The van der Waals surface area contributed by atoms with Gasteiger partial charge in [0.05, 0.1) is 5.25 Å². The summed E-state index contributed by atoms with van der Waals surface area (Å²) in [5.41, 5.74) is 1.01. The van der Waals surface area contributed by atoms with Crippen LogP contribution in [0.25, 0.3) is 0 Å². The summed E-state index contributed by atoms with van der Waals surface area (Å²) in [6.07, 6.45) is 0.962. The normalized spacial score (nSPS) is 11.9. The third-order valence-electron chi connectivity index (χ3n) is 3.66. The number of rotatable bonds is 9. The van der Waals surface area contributed by atoms with Crippen molar-refractivity contribution in [3.63, 3.8) is 0 Å². The predicted octanol–water partition coefficient (Wildman–Crippen LogP) is 4.70. The molecule has 0 aliphatic rings. The molecule has 0 aliphatic heterocycles. The maximum absolute atomic E-state index is 12.3. The highest BCUT2D eigenvalue weighted by Gasteiger charge is 2.17. The van der Waals surface area contributed by atoms with Gasteiger partial charge < -0.3 is 10.6 Å². The van der Waals surface area contributed by atoms with Crippen LogP contribution in [0.2, 0.25) is 5.02 Å². The minimum Gasteiger partial charge on any atom is -0.360 e. The zero-order valence-electron chi connectivity index (χ0n) is 14.6. The Bertz CT molecular complexity index is 852. The fraction of sp³-hybridized carbons (Fsp3) is 0.278. The smallest absolute Gasteiger partial charge is 0.233 e. The van der Waals surface area contributed by atoms with E-state index in [0.717, 1.165) is 28.0 Å².